The second kappa shape index (κ2) is 10.1. The van der Waals surface area contributed by atoms with Crippen LogP contribution in [0.3, 0.4) is 0 Å². The molecule has 2 amide bonds. The lowest BCUT2D eigenvalue weighted by Crippen LogP contribution is -2.46. The molecule has 5 nitrogen and oxygen atoms in total. The Hall–Kier alpha value is -2.79. The molecule has 0 unspecified atom stereocenters. The largest absolute Gasteiger partial charge is 0.356 e. The number of carbonyl (C=O) groups excluding carboxylic acids is 2. The molecule has 1 heterocycles. The minimum atomic E-state index is -0.0723. The van der Waals surface area contributed by atoms with E-state index in [1.807, 2.05) is 30.3 Å². The van der Waals surface area contributed by atoms with Gasteiger partial charge in [0.05, 0.1) is 12.2 Å². The Labute approximate surface area is 176 Å². The van der Waals surface area contributed by atoms with Gasteiger partial charge in [-0.2, -0.15) is 0 Å². The van der Waals surface area contributed by atoms with Crippen LogP contribution in [0, 0.1) is 0 Å². The highest BCUT2D eigenvalue weighted by Crippen LogP contribution is 2.18. The summed E-state index contributed by atoms with van der Waals surface area (Å²) in [6.07, 6.45) is 4.21. The smallest absolute Gasteiger partial charge is 0.244 e. The molecule has 0 bridgehead atoms. The maximum atomic E-state index is 12.2. The van der Waals surface area contributed by atoms with E-state index in [1.165, 1.54) is 10.6 Å². The number of halogens is 1. The highest BCUT2D eigenvalue weighted by molar-refractivity contribution is 6.30. The zero-order valence-electron chi connectivity index (χ0n) is 16.6. The summed E-state index contributed by atoms with van der Waals surface area (Å²) in [6, 6.07) is 15.9. The molecule has 0 fully saturated rings. The molecule has 1 aliphatic rings. The van der Waals surface area contributed by atoms with Gasteiger partial charge in [0.1, 0.15) is 0 Å². The molecule has 1 aliphatic heterocycles. The molecule has 0 spiro atoms. The van der Waals surface area contributed by atoms with Gasteiger partial charge in [-0.15, -0.1) is 0 Å². The van der Waals surface area contributed by atoms with Crippen molar-refractivity contribution in [3.63, 3.8) is 0 Å². The number of aryl methyl sites for hydroxylation is 1. The molecule has 152 valence electrons. The number of hydrogen-bond acceptors (Lipinski definition) is 3. The summed E-state index contributed by atoms with van der Waals surface area (Å²) in [4.78, 5) is 24.3. The lowest BCUT2D eigenvalue weighted by molar-refractivity contribution is -0.133. The molecular formula is C23H26ClN3O2. The molecule has 0 aliphatic carbocycles. The topological polar surface area (TPSA) is 61.4 Å². The number of rotatable bonds is 8. The molecule has 2 N–H and O–H groups in total. The fourth-order valence-corrected chi connectivity index (χ4v) is 3.26. The van der Waals surface area contributed by atoms with Crippen LogP contribution < -0.4 is 10.7 Å². The van der Waals surface area contributed by atoms with E-state index in [4.69, 9.17) is 11.6 Å². The van der Waals surface area contributed by atoms with Crippen molar-refractivity contribution >= 4 is 29.1 Å². The minimum absolute atomic E-state index is 0.0344. The van der Waals surface area contributed by atoms with Crippen LogP contribution >= 0.6 is 11.6 Å². The Kier molecular flexibility index (Phi) is 7.30. The first kappa shape index (κ1) is 20.9. The average Bonchev–Trinajstić information content (AvgIpc) is 2.74. The van der Waals surface area contributed by atoms with Crippen molar-refractivity contribution in [1.29, 1.82) is 0 Å². The maximum absolute atomic E-state index is 12.2. The SMILES string of the molecule is CCc1ccc(C2=CCC(=O)N(CCC(=O)NCCc3ccc(Cl)cc3)N2)cc1. The first-order chi connectivity index (χ1) is 14.0. The predicted octanol–water partition coefficient (Wildman–Crippen LogP) is 3.73. The number of nitrogens with zero attached hydrogens (tertiary/aromatic N) is 1. The third-order valence-electron chi connectivity index (χ3n) is 4.92. The van der Waals surface area contributed by atoms with Gasteiger partial charge in [0.25, 0.3) is 0 Å². The number of hydrogen-bond donors (Lipinski definition) is 2. The summed E-state index contributed by atoms with van der Waals surface area (Å²) in [7, 11) is 0. The second-order valence-corrected chi connectivity index (χ2v) is 7.44. The summed E-state index contributed by atoms with van der Waals surface area (Å²) >= 11 is 5.87. The van der Waals surface area contributed by atoms with Gasteiger partial charge in [-0.3, -0.25) is 20.0 Å². The first-order valence-corrected chi connectivity index (χ1v) is 10.3. The van der Waals surface area contributed by atoms with Gasteiger partial charge >= 0.3 is 0 Å². The summed E-state index contributed by atoms with van der Waals surface area (Å²) in [5.41, 5.74) is 7.47. The van der Waals surface area contributed by atoms with Gasteiger partial charge in [0.2, 0.25) is 11.8 Å². The third-order valence-corrected chi connectivity index (χ3v) is 5.17. The molecule has 0 saturated carbocycles. The van der Waals surface area contributed by atoms with E-state index < -0.39 is 0 Å². The Morgan fingerprint density at radius 3 is 2.48 bits per heavy atom. The Morgan fingerprint density at radius 1 is 1.10 bits per heavy atom. The van der Waals surface area contributed by atoms with Gasteiger partial charge in [0, 0.05) is 24.4 Å². The molecule has 3 rings (SSSR count). The number of amides is 2. The third kappa shape index (κ3) is 6.09. The lowest BCUT2D eigenvalue weighted by atomic mass is 10.1. The first-order valence-electron chi connectivity index (χ1n) is 9.93. The average molecular weight is 412 g/mol. The van der Waals surface area contributed by atoms with E-state index in [0.717, 1.165) is 29.7 Å². The molecule has 6 heteroatoms. The van der Waals surface area contributed by atoms with Crippen LogP contribution in [0.2, 0.25) is 5.02 Å². The lowest BCUT2D eigenvalue weighted by Gasteiger charge is -2.29. The quantitative estimate of drug-likeness (QED) is 0.695. The minimum Gasteiger partial charge on any atom is -0.356 e. The van der Waals surface area contributed by atoms with Crippen LogP contribution in [0.4, 0.5) is 0 Å². The summed E-state index contributed by atoms with van der Waals surface area (Å²) in [5.74, 6) is -0.107. The van der Waals surface area contributed by atoms with Gasteiger partial charge < -0.3 is 5.32 Å². The molecule has 0 atom stereocenters. The van der Waals surface area contributed by atoms with Crippen LogP contribution in [-0.2, 0) is 22.4 Å². The van der Waals surface area contributed by atoms with Crippen molar-refractivity contribution < 1.29 is 9.59 Å². The van der Waals surface area contributed by atoms with Crippen molar-refractivity contribution in [2.75, 3.05) is 13.1 Å². The number of nitrogens with one attached hydrogen (secondary N) is 2. The standard InChI is InChI=1S/C23H26ClN3O2/c1-2-17-3-7-19(8-4-17)21-11-12-23(29)27(26-21)16-14-22(28)25-15-13-18-5-9-20(24)10-6-18/h3-11,26H,2,12-16H2,1H3,(H,25,28). The van der Waals surface area contributed by atoms with Crippen molar-refractivity contribution in [2.45, 2.75) is 32.6 Å². The van der Waals surface area contributed by atoms with Crippen LogP contribution in [-0.4, -0.2) is 29.9 Å². The zero-order valence-corrected chi connectivity index (χ0v) is 17.3. The van der Waals surface area contributed by atoms with Crippen molar-refractivity contribution in [2.24, 2.45) is 0 Å². The van der Waals surface area contributed by atoms with Crippen molar-refractivity contribution in [3.8, 4) is 0 Å². The second-order valence-electron chi connectivity index (χ2n) is 7.01. The van der Waals surface area contributed by atoms with Crippen molar-refractivity contribution in [1.82, 2.24) is 15.8 Å². The molecule has 2 aromatic rings. The van der Waals surface area contributed by atoms with Crippen LogP contribution in [0.1, 0.15) is 36.5 Å². The molecule has 0 radical (unpaired) electrons. The highest BCUT2D eigenvalue weighted by Gasteiger charge is 2.20. The number of benzene rings is 2. The Morgan fingerprint density at radius 2 is 1.79 bits per heavy atom. The van der Waals surface area contributed by atoms with Crippen LogP contribution in [0.25, 0.3) is 5.70 Å². The van der Waals surface area contributed by atoms with E-state index in [1.54, 1.807) is 0 Å². The zero-order chi connectivity index (χ0) is 20.6. The normalized spacial score (nSPS) is 13.7. The van der Waals surface area contributed by atoms with Gasteiger partial charge in [-0.25, -0.2) is 0 Å². The Balaban J connectivity index is 1.45. The number of carbonyl (C=O) groups is 2. The maximum Gasteiger partial charge on any atom is 0.244 e. The fraction of sp³-hybridized carbons (Fsp3) is 0.304. The van der Waals surface area contributed by atoms with E-state index in [0.29, 0.717) is 24.5 Å². The van der Waals surface area contributed by atoms with E-state index in [-0.39, 0.29) is 18.2 Å². The van der Waals surface area contributed by atoms with E-state index in [2.05, 4.69) is 41.9 Å². The van der Waals surface area contributed by atoms with E-state index >= 15 is 0 Å². The molecular weight excluding hydrogens is 386 g/mol. The monoisotopic (exact) mass is 411 g/mol. The fourth-order valence-electron chi connectivity index (χ4n) is 3.14. The van der Waals surface area contributed by atoms with Crippen molar-refractivity contribution in [3.05, 3.63) is 76.3 Å². The van der Waals surface area contributed by atoms with E-state index in [9.17, 15) is 9.59 Å². The molecule has 0 saturated heterocycles. The summed E-state index contributed by atoms with van der Waals surface area (Å²) in [5, 5.41) is 5.13. The summed E-state index contributed by atoms with van der Waals surface area (Å²) in [6.45, 7) is 3.00. The molecule has 2 aromatic carbocycles. The van der Waals surface area contributed by atoms with Gasteiger partial charge in [-0.1, -0.05) is 54.9 Å². The van der Waals surface area contributed by atoms with Gasteiger partial charge in [0.15, 0.2) is 0 Å². The summed E-state index contributed by atoms with van der Waals surface area (Å²) < 4.78 is 0. The highest BCUT2D eigenvalue weighted by atomic mass is 35.5. The molecule has 29 heavy (non-hydrogen) atoms. The van der Waals surface area contributed by atoms with Gasteiger partial charge in [-0.05, 0) is 47.7 Å². The molecule has 0 aromatic heterocycles. The Bertz CT molecular complexity index is 876. The predicted molar refractivity (Wildman–Crippen MR) is 116 cm³/mol. The van der Waals surface area contributed by atoms with Crippen LogP contribution in [0.5, 0.6) is 0 Å². The van der Waals surface area contributed by atoms with Crippen LogP contribution in [0.15, 0.2) is 54.6 Å². The number of hydrazine groups is 1.